The number of rotatable bonds is 8. The predicted octanol–water partition coefficient (Wildman–Crippen LogP) is 4.41. The molecule has 5 nitrogen and oxygen atoms in total. The molecule has 0 spiro atoms. The number of carbonyl (C=O) groups is 1. The van der Waals surface area contributed by atoms with Gasteiger partial charge in [0.1, 0.15) is 5.75 Å². The topological polar surface area (TPSA) is 44.8 Å². The number of hydrogen-bond acceptors (Lipinski definition) is 4. The van der Waals surface area contributed by atoms with E-state index in [2.05, 4.69) is 58.4 Å². The molecule has 0 saturated carbocycles. The van der Waals surface area contributed by atoms with Crippen molar-refractivity contribution in [2.45, 2.75) is 32.9 Å². The summed E-state index contributed by atoms with van der Waals surface area (Å²) in [5.41, 5.74) is 3.52. The molecule has 0 aliphatic carbocycles. The molecule has 4 rings (SSSR count). The van der Waals surface area contributed by atoms with Crippen LogP contribution in [0.2, 0.25) is 0 Å². The van der Waals surface area contributed by atoms with Gasteiger partial charge in [0.2, 0.25) is 5.91 Å². The summed E-state index contributed by atoms with van der Waals surface area (Å²) < 4.78 is 5.31. The molecule has 1 fully saturated rings. The van der Waals surface area contributed by atoms with Crippen LogP contribution in [0, 0.1) is 0 Å². The van der Waals surface area contributed by atoms with Crippen molar-refractivity contribution < 1.29 is 9.53 Å². The van der Waals surface area contributed by atoms with E-state index in [4.69, 9.17) is 4.74 Å². The van der Waals surface area contributed by atoms with Gasteiger partial charge in [0, 0.05) is 39.3 Å². The first-order chi connectivity index (χ1) is 16.1. The van der Waals surface area contributed by atoms with Crippen LogP contribution >= 0.6 is 0 Å². The second-order valence-electron chi connectivity index (χ2n) is 8.89. The maximum atomic E-state index is 13.0. The number of nitrogens with zero attached hydrogens (tertiary/aromatic N) is 2. The Morgan fingerprint density at radius 3 is 2.33 bits per heavy atom. The highest BCUT2D eigenvalue weighted by molar-refractivity contribution is 5.88. The summed E-state index contributed by atoms with van der Waals surface area (Å²) in [5.74, 6) is 0.673. The Hall–Kier alpha value is -2.89. The van der Waals surface area contributed by atoms with Gasteiger partial charge in [-0.25, -0.2) is 0 Å². The van der Waals surface area contributed by atoms with E-state index >= 15 is 0 Å². The smallest absolute Gasteiger partial charge is 0.227 e. The molecule has 3 aromatic rings. The molecule has 3 aromatic carbocycles. The normalized spacial score (nSPS) is 16.0. The summed E-state index contributed by atoms with van der Waals surface area (Å²) >= 11 is 0. The minimum atomic E-state index is -0.217. The molecule has 0 bridgehead atoms. The first kappa shape index (κ1) is 23.3. The molecule has 5 heteroatoms. The van der Waals surface area contributed by atoms with Gasteiger partial charge < -0.3 is 15.0 Å². The lowest BCUT2D eigenvalue weighted by Gasteiger charge is -2.34. The molecule has 1 amide bonds. The molecule has 33 heavy (non-hydrogen) atoms. The summed E-state index contributed by atoms with van der Waals surface area (Å²) in [6, 6.07) is 20.7. The molecule has 1 atom stereocenters. The molecular formula is C28H35N3O2. The largest absolute Gasteiger partial charge is 0.497 e. The van der Waals surface area contributed by atoms with Gasteiger partial charge in [-0.05, 0) is 53.1 Å². The van der Waals surface area contributed by atoms with Crippen LogP contribution in [-0.4, -0.2) is 55.5 Å². The van der Waals surface area contributed by atoms with Crippen molar-refractivity contribution in [1.29, 1.82) is 0 Å². The fraction of sp³-hybridized carbons (Fsp3) is 0.393. The number of fused-ring (bicyclic) bond motifs is 1. The van der Waals surface area contributed by atoms with Gasteiger partial charge in [0.25, 0.3) is 0 Å². The van der Waals surface area contributed by atoms with Crippen molar-refractivity contribution >= 4 is 16.7 Å². The van der Waals surface area contributed by atoms with Crippen molar-refractivity contribution in [2.75, 3.05) is 39.8 Å². The Morgan fingerprint density at radius 1 is 0.939 bits per heavy atom. The zero-order valence-corrected chi connectivity index (χ0v) is 20.0. The van der Waals surface area contributed by atoms with E-state index in [9.17, 15) is 4.79 Å². The summed E-state index contributed by atoms with van der Waals surface area (Å²) in [6.45, 7) is 11.3. The van der Waals surface area contributed by atoms with Crippen molar-refractivity contribution in [2.24, 2.45) is 0 Å². The highest BCUT2D eigenvalue weighted by Gasteiger charge is 2.18. The average Bonchev–Trinajstić information content (AvgIpc) is 2.87. The number of nitrogens with one attached hydrogen (secondary N) is 1. The third-order valence-corrected chi connectivity index (χ3v) is 6.84. The van der Waals surface area contributed by atoms with Crippen LogP contribution in [-0.2, 0) is 17.9 Å². The summed E-state index contributed by atoms with van der Waals surface area (Å²) in [6.07, 6.45) is 0. The van der Waals surface area contributed by atoms with Gasteiger partial charge in [0.05, 0.1) is 13.0 Å². The van der Waals surface area contributed by atoms with Crippen LogP contribution in [0.1, 0.15) is 36.5 Å². The van der Waals surface area contributed by atoms with Gasteiger partial charge in [-0.3, -0.25) is 9.69 Å². The van der Waals surface area contributed by atoms with Crippen LogP contribution in [0.4, 0.5) is 0 Å². The SMILES string of the molecule is CCN1CCN(Cc2ccccc2CNC(=O)[C@@H](C)c2ccc3cc(OC)ccc3c2)CC1. The Labute approximate surface area is 197 Å². The zero-order valence-electron chi connectivity index (χ0n) is 20.0. The van der Waals surface area contributed by atoms with E-state index in [0.29, 0.717) is 6.54 Å². The Balaban J connectivity index is 1.38. The maximum Gasteiger partial charge on any atom is 0.227 e. The maximum absolute atomic E-state index is 13.0. The van der Waals surface area contributed by atoms with Gasteiger partial charge >= 0.3 is 0 Å². The molecular weight excluding hydrogens is 410 g/mol. The fourth-order valence-corrected chi connectivity index (χ4v) is 4.51. The molecule has 1 heterocycles. The number of likely N-dealkylation sites (N-methyl/N-ethyl adjacent to an activating group) is 1. The Bertz CT molecular complexity index is 1090. The highest BCUT2D eigenvalue weighted by atomic mass is 16.5. The lowest BCUT2D eigenvalue weighted by molar-refractivity contribution is -0.122. The average molecular weight is 446 g/mol. The Morgan fingerprint density at radius 2 is 1.61 bits per heavy atom. The lowest BCUT2D eigenvalue weighted by atomic mass is 9.96. The number of benzene rings is 3. The monoisotopic (exact) mass is 445 g/mol. The van der Waals surface area contributed by atoms with E-state index in [1.165, 1.54) is 11.1 Å². The third kappa shape index (κ3) is 5.73. The summed E-state index contributed by atoms with van der Waals surface area (Å²) in [5, 5.41) is 5.39. The van der Waals surface area contributed by atoms with Gasteiger partial charge in [-0.1, -0.05) is 55.5 Å². The first-order valence-electron chi connectivity index (χ1n) is 11.9. The molecule has 1 aliphatic rings. The minimum absolute atomic E-state index is 0.0502. The third-order valence-electron chi connectivity index (χ3n) is 6.84. The molecule has 1 N–H and O–H groups in total. The second-order valence-corrected chi connectivity index (χ2v) is 8.89. The Kier molecular flexibility index (Phi) is 7.63. The van der Waals surface area contributed by atoms with Crippen LogP contribution in [0.5, 0.6) is 5.75 Å². The standard InChI is InChI=1S/C28H35N3O2/c1-4-30-13-15-31(16-14-30)20-26-8-6-5-7-25(26)19-29-28(32)21(2)22-9-10-24-18-27(33-3)12-11-23(24)17-22/h5-12,17-18,21H,4,13-16,19-20H2,1-3H3,(H,29,32)/t21-/m0/s1. The van der Waals surface area contributed by atoms with Crippen molar-refractivity contribution in [3.8, 4) is 5.75 Å². The van der Waals surface area contributed by atoms with E-state index in [1.54, 1.807) is 7.11 Å². The van der Waals surface area contributed by atoms with Gasteiger partial charge in [-0.15, -0.1) is 0 Å². The summed E-state index contributed by atoms with van der Waals surface area (Å²) in [7, 11) is 1.67. The second kappa shape index (κ2) is 10.8. The van der Waals surface area contributed by atoms with Gasteiger partial charge in [0.15, 0.2) is 0 Å². The molecule has 174 valence electrons. The van der Waals surface area contributed by atoms with Crippen LogP contribution < -0.4 is 10.1 Å². The van der Waals surface area contributed by atoms with E-state index in [-0.39, 0.29) is 11.8 Å². The van der Waals surface area contributed by atoms with Crippen LogP contribution in [0.25, 0.3) is 10.8 Å². The zero-order chi connectivity index (χ0) is 23.2. The number of piperazine rings is 1. The van der Waals surface area contributed by atoms with E-state index in [1.807, 2.05) is 31.2 Å². The predicted molar refractivity (Wildman–Crippen MR) is 135 cm³/mol. The van der Waals surface area contributed by atoms with Gasteiger partial charge in [-0.2, -0.15) is 0 Å². The molecule has 0 radical (unpaired) electrons. The lowest BCUT2D eigenvalue weighted by Crippen LogP contribution is -2.45. The first-order valence-corrected chi connectivity index (χ1v) is 11.9. The number of carbonyl (C=O) groups excluding carboxylic acids is 1. The van der Waals surface area contributed by atoms with Crippen molar-refractivity contribution in [3.63, 3.8) is 0 Å². The molecule has 0 aromatic heterocycles. The number of ether oxygens (including phenoxy) is 1. The number of hydrogen-bond donors (Lipinski definition) is 1. The van der Waals surface area contributed by atoms with Crippen molar-refractivity contribution in [3.05, 3.63) is 77.4 Å². The quantitative estimate of drug-likeness (QED) is 0.558. The molecule has 1 saturated heterocycles. The van der Waals surface area contributed by atoms with Crippen LogP contribution in [0.15, 0.2) is 60.7 Å². The van der Waals surface area contributed by atoms with Crippen molar-refractivity contribution in [1.82, 2.24) is 15.1 Å². The fourth-order valence-electron chi connectivity index (χ4n) is 4.51. The van der Waals surface area contributed by atoms with E-state index in [0.717, 1.165) is 61.4 Å². The molecule has 1 aliphatic heterocycles. The number of amides is 1. The highest BCUT2D eigenvalue weighted by Crippen LogP contribution is 2.25. The van der Waals surface area contributed by atoms with E-state index < -0.39 is 0 Å². The number of methoxy groups -OCH3 is 1. The molecule has 0 unspecified atom stereocenters. The minimum Gasteiger partial charge on any atom is -0.497 e. The summed E-state index contributed by atoms with van der Waals surface area (Å²) in [4.78, 5) is 18.0. The van der Waals surface area contributed by atoms with Crippen LogP contribution in [0.3, 0.4) is 0 Å².